The number of benzene rings is 2. The number of rotatable bonds is 9. The topological polar surface area (TPSA) is 136 Å². The maximum Gasteiger partial charge on any atom is 0.254 e. The summed E-state index contributed by atoms with van der Waals surface area (Å²) in [6, 6.07) is 9.45. The summed E-state index contributed by atoms with van der Waals surface area (Å²) in [7, 11) is 9.22. The molecule has 1 aliphatic rings. The van der Waals surface area contributed by atoms with E-state index in [2.05, 4.69) is 25.4 Å². The molecule has 0 spiro atoms. The Labute approximate surface area is 226 Å². The van der Waals surface area contributed by atoms with Crippen LogP contribution in [-0.2, 0) is 6.54 Å². The smallest absolute Gasteiger partial charge is 0.254 e. The Morgan fingerprint density at radius 2 is 2.03 bits per heavy atom. The van der Waals surface area contributed by atoms with E-state index in [-0.39, 0.29) is 11.9 Å². The number of likely N-dealkylation sites (N-methyl/N-ethyl adjacent to an activating group) is 2. The SMILES string of the molecule is CNC(=O)c1cnc(Nc2cc(N)c(N(C)CCN(C)C)cc2OC)nc1-c1nn2c3c(cccc13)OCC2. The molecule has 1 aliphatic heterocycles. The van der Waals surface area contributed by atoms with Crippen molar-refractivity contribution >= 4 is 39.8 Å². The number of carbonyl (C=O) groups is 1. The van der Waals surface area contributed by atoms with E-state index in [1.54, 1.807) is 20.2 Å². The monoisotopic (exact) mass is 531 g/mol. The number of ether oxygens (including phenoxy) is 2. The molecule has 0 fully saturated rings. The summed E-state index contributed by atoms with van der Waals surface area (Å²) in [5, 5.41) is 11.5. The molecule has 2 aromatic carbocycles. The third kappa shape index (κ3) is 4.98. The molecule has 0 saturated heterocycles. The number of carbonyl (C=O) groups excluding carboxylic acids is 1. The Hall–Kier alpha value is -4.58. The molecular weight excluding hydrogens is 498 g/mol. The molecule has 5 rings (SSSR count). The van der Waals surface area contributed by atoms with Gasteiger partial charge in [-0.1, -0.05) is 12.1 Å². The fraction of sp³-hybridized carbons (Fsp3) is 0.333. The van der Waals surface area contributed by atoms with E-state index < -0.39 is 0 Å². The quantitative estimate of drug-likeness (QED) is 0.277. The summed E-state index contributed by atoms with van der Waals surface area (Å²) < 4.78 is 13.4. The molecule has 4 N–H and O–H groups in total. The summed E-state index contributed by atoms with van der Waals surface area (Å²) in [5.41, 5.74) is 10.6. The molecule has 12 heteroatoms. The number of nitrogens with zero attached hydrogens (tertiary/aromatic N) is 6. The number of amides is 1. The second-order valence-corrected chi connectivity index (χ2v) is 9.57. The zero-order valence-corrected chi connectivity index (χ0v) is 22.8. The fourth-order valence-electron chi connectivity index (χ4n) is 4.60. The molecule has 39 heavy (non-hydrogen) atoms. The van der Waals surface area contributed by atoms with E-state index in [0.29, 0.717) is 47.2 Å². The fourth-order valence-corrected chi connectivity index (χ4v) is 4.60. The van der Waals surface area contributed by atoms with Gasteiger partial charge in [-0.05, 0) is 26.2 Å². The maximum absolute atomic E-state index is 12.8. The molecule has 0 unspecified atom stereocenters. The van der Waals surface area contributed by atoms with Crippen molar-refractivity contribution < 1.29 is 14.3 Å². The molecular formula is C27H33N9O3. The zero-order valence-electron chi connectivity index (χ0n) is 22.8. The number of nitrogens with one attached hydrogen (secondary N) is 2. The summed E-state index contributed by atoms with van der Waals surface area (Å²) in [5.74, 6) is 1.29. The van der Waals surface area contributed by atoms with Crippen LogP contribution in [0.3, 0.4) is 0 Å². The second kappa shape index (κ2) is 10.7. The van der Waals surface area contributed by atoms with Crippen LogP contribution in [0.2, 0.25) is 0 Å². The molecule has 1 amide bonds. The van der Waals surface area contributed by atoms with Gasteiger partial charge in [-0.3, -0.25) is 9.48 Å². The molecule has 0 saturated carbocycles. The standard InChI is InChI=1S/C27H33N9O3/c1-29-26(37)17-15-30-27(31-19-13-18(28)20(14-22(19)38-5)35(4)10-9-34(2)3)32-23(17)24-16-7-6-8-21-25(16)36(33-24)11-12-39-21/h6-8,13-15H,9-12,28H2,1-5H3,(H,29,37)(H,30,31,32). The zero-order chi connectivity index (χ0) is 27.7. The van der Waals surface area contributed by atoms with E-state index in [4.69, 9.17) is 25.3 Å². The lowest BCUT2D eigenvalue weighted by Crippen LogP contribution is -2.29. The second-order valence-electron chi connectivity index (χ2n) is 9.57. The number of anilines is 4. The maximum atomic E-state index is 12.8. The van der Waals surface area contributed by atoms with E-state index in [0.717, 1.165) is 35.4 Å². The highest BCUT2D eigenvalue weighted by atomic mass is 16.5. The van der Waals surface area contributed by atoms with Gasteiger partial charge in [0.15, 0.2) is 0 Å². The Balaban J connectivity index is 1.55. The first-order valence-electron chi connectivity index (χ1n) is 12.6. The third-order valence-electron chi connectivity index (χ3n) is 6.67. The van der Waals surface area contributed by atoms with Gasteiger partial charge < -0.3 is 35.6 Å². The van der Waals surface area contributed by atoms with Crippen molar-refractivity contribution in [1.29, 1.82) is 0 Å². The number of hydrogen-bond donors (Lipinski definition) is 3. The summed E-state index contributed by atoms with van der Waals surface area (Å²) >= 11 is 0. The van der Waals surface area contributed by atoms with Gasteiger partial charge in [-0.25, -0.2) is 9.97 Å². The highest BCUT2D eigenvalue weighted by Crippen LogP contribution is 2.38. The van der Waals surface area contributed by atoms with Crippen LogP contribution in [-0.4, -0.2) is 85.6 Å². The largest absolute Gasteiger partial charge is 0.494 e. The number of hydrogen-bond acceptors (Lipinski definition) is 10. The highest BCUT2D eigenvalue weighted by molar-refractivity contribution is 6.04. The van der Waals surface area contributed by atoms with Gasteiger partial charge in [-0.15, -0.1) is 0 Å². The molecule has 4 aromatic rings. The third-order valence-corrected chi connectivity index (χ3v) is 6.67. The molecule has 3 heterocycles. The van der Waals surface area contributed by atoms with Gasteiger partial charge in [0.05, 0.1) is 36.3 Å². The van der Waals surface area contributed by atoms with Crippen LogP contribution in [0, 0.1) is 0 Å². The van der Waals surface area contributed by atoms with Crippen molar-refractivity contribution in [3.05, 3.63) is 42.1 Å². The lowest BCUT2D eigenvalue weighted by Gasteiger charge is -2.24. The van der Waals surface area contributed by atoms with Crippen LogP contribution < -0.4 is 30.7 Å². The first-order valence-corrected chi connectivity index (χ1v) is 12.6. The lowest BCUT2D eigenvalue weighted by molar-refractivity contribution is 0.0963. The van der Waals surface area contributed by atoms with Crippen LogP contribution in [0.1, 0.15) is 10.4 Å². The normalized spacial score (nSPS) is 12.4. The van der Waals surface area contributed by atoms with Crippen molar-refractivity contribution in [3.8, 4) is 22.9 Å². The first-order chi connectivity index (χ1) is 18.8. The Bertz CT molecular complexity index is 1530. The summed E-state index contributed by atoms with van der Waals surface area (Å²) in [6.07, 6.45) is 1.49. The van der Waals surface area contributed by atoms with Gasteiger partial charge in [0.1, 0.15) is 35.0 Å². The molecule has 0 atom stereocenters. The Morgan fingerprint density at radius 1 is 1.21 bits per heavy atom. The van der Waals surface area contributed by atoms with Crippen molar-refractivity contribution in [2.75, 3.05) is 70.9 Å². The number of nitrogen functional groups attached to an aromatic ring is 1. The minimum Gasteiger partial charge on any atom is -0.494 e. The number of aromatic nitrogens is 4. The number of methoxy groups -OCH3 is 1. The van der Waals surface area contributed by atoms with Crippen molar-refractivity contribution in [1.82, 2.24) is 30.0 Å². The molecule has 0 radical (unpaired) electrons. The Morgan fingerprint density at radius 3 is 2.77 bits per heavy atom. The number of nitrogens with two attached hydrogens (primary N) is 1. The minimum atomic E-state index is -0.312. The van der Waals surface area contributed by atoms with Crippen LogP contribution >= 0.6 is 0 Å². The predicted octanol–water partition coefficient (Wildman–Crippen LogP) is 2.58. The van der Waals surface area contributed by atoms with E-state index in [1.807, 2.05) is 50.1 Å². The lowest BCUT2D eigenvalue weighted by atomic mass is 10.1. The molecule has 0 aliphatic carbocycles. The van der Waals surface area contributed by atoms with Crippen LogP contribution in [0.4, 0.5) is 23.0 Å². The first kappa shape index (κ1) is 26.0. The van der Waals surface area contributed by atoms with Crippen LogP contribution in [0.15, 0.2) is 36.5 Å². The van der Waals surface area contributed by atoms with Crippen LogP contribution in [0.5, 0.6) is 11.5 Å². The average molecular weight is 532 g/mol. The van der Waals surface area contributed by atoms with E-state index >= 15 is 0 Å². The molecule has 12 nitrogen and oxygen atoms in total. The van der Waals surface area contributed by atoms with Crippen molar-refractivity contribution in [3.63, 3.8) is 0 Å². The highest BCUT2D eigenvalue weighted by Gasteiger charge is 2.25. The predicted molar refractivity (Wildman–Crippen MR) is 152 cm³/mol. The van der Waals surface area contributed by atoms with E-state index in [1.165, 1.54) is 6.20 Å². The van der Waals surface area contributed by atoms with Crippen molar-refractivity contribution in [2.24, 2.45) is 0 Å². The molecule has 204 valence electrons. The van der Waals surface area contributed by atoms with Gasteiger partial charge in [0.25, 0.3) is 5.91 Å². The van der Waals surface area contributed by atoms with Gasteiger partial charge in [0, 0.05) is 44.8 Å². The summed E-state index contributed by atoms with van der Waals surface area (Å²) in [6.45, 7) is 2.80. The number of para-hydroxylation sites is 1. The summed E-state index contributed by atoms with van der Waals surface area (Å²) in [4.78, 5) is 26.2. The van der Waals surface area contributed by atoms with E-state index in [9.17, 15) is 4.79 Å². The molecule has 2 aromatic heterocycles. The van der Waals surface area contributed by atoms with Gasteiger partial charge >= 0.3 is 0 Å². The Kier molecular flexibility index (Phi) is 7.11. The van der Waals surface area contributed by atoms with Gasteiger partial charge in [-0.2, -0.15) is 5.10 Å². The van der Waals surface area contributed by atoms with Gasteiger partial charge in [0.2, 0.25) is 5.95 Å². The van der Waals surface area contributed by atoms with Crippen LogP contribution in [0.25, 0.3) is 22.3 Å². The molecule has 0 bridgehead atoms. The average Bonchev–Trinajstić information content (AvgIpc) is 3.32. The van der Waals surface area contributed by atoms with Crippen molar-refractivity contribution in [2.45, 2.75) is 6.54 Å². The minimum absolute atomic E-state index is 0.272.